The molecule has 1 aromatic rings. The molecule has 0 heterocycles. The molecule has 0 unspecified atom stereocenters. The van der Waals surface area contributed by atoms with Gasteiger partial charge in [0, 0.05) is 7.36 Å². The molecule has 0 atom stereocenters. The maximum Gasteiger partial charge on any atom is 0.128 e. The Hall–Kier alpha value is -0.460. The van der Waals surface area contributed by atoms with E-state index in [2.05, 4.69) is 0 Å². The highest BCUT2D eigenvalue weighted by Gasteiger charge is 1.91. The Morgan fingerprint density at radius 3 is 2.44 bits per heavy atom. The van der Waals surface area contributed by atoms with Gasteiger partial charge in [-0.2, -0.15) is 0 Å². The van der Waals surface area contributed by atoms with Crippen molar-refractivity contribution in [3.05, 3.63) is 24.3 Å². The number of rotatable bonds is 1. The largest absolute Gasteiger partial charge is 0.507 e. The predicted molar refractivity (Wildman–Crippen MR) is 42.0 cm³/mol. The zero-order valence-electron chi connectivity index (χ0n) is 4.61. The first kappa shape index (κ1) is 6.66. The van der Waals surface area contributed by atoms with Gasteiger partial charge in [0.1, 0.15) is 5.75 Å². The van der Waals surface area contributed by atoms with E-state index in [4.69, 9.17) is 16.9 Å². The van der Waals surface area contributed by atoms with Gasteiger partial charge < -0.3 is 5.11 Å². The minimum absolute atomic E-state index is 0.286. The van der Waals surface area contributed by atoms with Crippen LogP contribution in [-0.4, -0.2) is 5.11 Å². The number of phenols is 1. The van der Waals surface area contributed by atoms with Crippen LogP contribution in [0.5, 0.6) is 5.75 Å². The lowest BCUT2D eigenvalue weighted by Crippen LogP contribution is -1.88. The van der Waals surface area contributed by atoms with Gasteiger partial charge >= 0.3 is 0 Å². The highest BCUT2D eigenvalue weighted by atomic mass is 32.4. The maximum absolute atomic E-state index is 9.04. The standard InChI is InChI=1S/C6H5OPS/c7-5-3-1-2-4-6(5)8-9/h1-4,7H. The number of hydrogen-bond donors (Lipinski definition) is 1. The van der Waals surface area contributed by atoms with E-state index in [0.717, 1.165) is 5.30 Å². The second-order valence-electron chi connectivity index (χ2n) is 1.58. The molecule has 0 saturated heterocycles. The van der Waals surface area contributed by atoms with Crippen molar-refractivity contribution in [2.24, 2.45) is 0 Å². The number of phenolic OH excluding ortho intramolecular Hbond substituents is 1. The highest BCUT2D eigenvalue weighted by molar-refractivity contribution is 7.99. The van der Waals surface area contributed by atoms with E-state index in [1.807, 2.05) is 12.1 Å². The molecular formula is C6H5OPS. The molecule has 0 amide bonds. The van der Waals surface area contributed by atoms with Gasteiger partial charge in [-0.05, 0) is 12.1 Å². The van der Waals surface area contributed by atoms with Crippen molar-refractivity contribution in [2.75, 3.05) is 0 Å². The maximum atomic E-state index is 9.04. The summed E-state index contributed by atoms with van der Waals surface area (Å²) < 4.78 is 0. The first-order chi connectivity index (χ1) is 4.34. The van der Waals surface area contributed by atoms with E-state index in [9.17, 15) is 0 Å². The second-order valence-corrected chi connectivity index (χ2v) is 2.79. The average Bonchev–Trinajstić information content (AvgIpc) is 1.89. The second kappa shape index (κ2) is 2.90. The van der Waals surface area contributed by atoms with Crippen LogP contribution < -0.4 is 5.30 Å². The Balaban J connectivity index is 3.15. The molecule has 0 saturated carbocycles. The fourth-order valence-corrected chi connectivity index (χ4v) is 1.32. The molecular weight excluding hydrogens is 151 g/mol. The summed E-state index contributed by atoms with van der Waals surface area (Å²) in [5.74, 6) is 0.286. The lowest BCUT2D eigenvalue weighted by Gasteiger charge is -1.92. The van der Waals surface area contributed by atoms with Gasteiger partial charge in [0.25, 0.3) is 0 Å². The third kappa shape index (κ3) is 1.47. The summed E-state index contributed by atoms with van der Waals surface area (Å²) in [6.45, 7) is 0. The van der Waals surface area contributed by atoms with Gasteiger partial charge in [-0.1, -0.05) is 23.9 Å². The van der Waals surface area contributed by atoms with Crippen LogP contribution in [0.15, 0.2) is 24.3 Å². The number of hydrogen-bond acceptors (Lipinski definition) is 2. The van der Waals surface area contributed by atoms with Crippen molar-refractivity contribution in [3.63, 3.8) is 0 Å². The minimum Gasteiger partial charge on any atom is -0.507 e. The van der Waals surface area contributed by atoms with Gasteiger partial charge in [0.2, 0.25) is 0 Å². The molecule has 1 aromatic carbocycles. The molecule has 0 bridgehead atoms. The van der Waals surface area contributed by atoms with Crippen LogP contribution in [0.3, 0.4) is 0 Å². The van der Waals surface area contributed by atoms with Crippen LogP contribution in [0.4, 0.5) is 0 Å². The lowest BCUT2D eigenvalue weighted by atomic mass is 10.3. The summed E-state index contributed by atoms with van der Waals surface area (Å²) in [4.78, 5) is 0. The molecule has 9 heavy (non-hydrogen) atoms. The van der Waals surface area contributed by atoms with Crippen LogP contribution in [0.2, 0.25) is 0 Å². The molecule has 0 aliphatic rings. The zero-order valence-corrected chi connectivity index (χ0v) is 6.32. The van der Waals surface area contributed by atoms with E-state index in [0.29, 0.717) is 7.36 Å². The summed E-state index contributed by atoms with van der Waals surface area (Å²) in [6.07, 6.45) is 0. The topological polar surface area (TPSA) is 20.2 Å². The highest BCUT2D eigenvalue weighted by Crippen LogP contribution is 2.08. The van der Waals surface area contributed by atoms with Crippen molar-refractivity contribution in [3.8, 4) is 5.75 Å². The summed E-state index contributed by atoms with van der Waals surface area (Å²) in [5.41, 5.74) is 0. The van der Waals surface area contributed by atoms with Crippen molar-refractivity contribution in [1.82, 2.24) is 0 Å². The number of aromatic hydroxyl groups is 1. The molecule has 0 fully saturated rings. The Morgan fingerprint density at radius 1 is 1.33 bits per heavy atom. The van der Waals surface area contributed by atoms with Crippen LogP contribution in [-0.2, 0) is 11.8 Å². The molecule has 1 nitrogen and oxygen atoms in total. The van der Waals surface area contributed by atoms with Gasteiger partial charge in [-0.15, -0.1) is 0 Å². The molecule has 0 aliphatic carbocycles. The summed E-state index contributed by atoms with van der Waals surface area (Å²) in [5, 5.41) is 9.84. The quantitative estimate of drug-likeness (QED) is 0.620. The normalized spacial score (nSPS) is 9.78. The van der Waals surface area contributed by atoms with Crippen molar-refractivity contribution >= 4 is 24.5 Å². The fraction of sp³-hybridized carbons (Fsp3) is 0. The van der Waals surface area contributed by atoms with Gasteiger partial charge in [-0.25, -0.2) is 0 Å². The Morgan fingerprint density at radius 2 is 2.00 bits per heavy atom. The van der Waals surface area contributed by atoms with E-state index >= 15 is 0 Å². The molecule has 1 rings (SSSR count). The molecule has 0 spiro atoms. The summed E-state index contributed by atoms with van der Waals surface area (Å²) in [7, 11) is 0.695. The monoisotopic (exact) mass is 156 g/mol. The van der Waals surface area contributed by atoms with Crippen molar-refractivity contribution in [2.45, 2.75) is 0 Å². The Kier molecular flexibility index (Phi) is 2.15. The fourth-order valence-electron chi connectivity index (χ4n) is 0.541. The molecule has 0 radical (unpaired) electrons. The zero-order chi connectivity index (χ0) is 6.69. The first-order valence-electron chi connectivity index (χ1n) is 2.46. The molecule has 3 heteroatoms. The van der Waals surface area contributed by atoms with Crippen LogP contribution in [0, 0.1) is 0 Å². The third-order valence-corrected chi connectivity index (χ3v) is 2.15. The number of para-hydroxylation sites is 1. The van der Waals surface area contributed by atoms with Crippen LogP contribution in [0.1, 0.15) is 0 Å². The molecule has 1 N–H and O–H groups in total. The van der Waals surface area contributed by atoms with Gasteiger partial charge in [-0.3, -0.25) is 0 Å². The summed E-state index contributed by atoms with van der Waals surface area (Å²) in [6, 6.07) is 7.08. The SMILES string of the molecule is Oc1ccccc1P=S. The van der Waals surface area contributed by atoms with E-state index in [-0.39, 0.29) is 5.75 Å². The Labute approximate surface area is 60.2 Å². The van der Waals surface area contributed by atoms with Crippen molar-refractivity contribution < 1.29 is 5.11 Å². The van der Waals surface area contributed by atoms with Gasteiger partial charge in [0.15, 0.2) is 0 Å². The first-order valence-corrected chi connectivity index (χ1v) is 4.36. The van der Waals surface area contributed by atoms with Gasteiger partial charge in [0.05, 0.1) is 5.30 Å². The smallest absolute Gasteiger partial charge is 0.128 e. The number of benzene rings is 1. The minimum atomic E-state index is 0.286. The molecule has 0 aliphatic heterocycles. The average molecular weight is 156 g/mol. The predicted octanol–water partition coefficient (Wildman–Crippen LogP) is 1.43. The van der Waals surface area contributed by atoms with Crippen LogP contribution >= 0.6 is 7.36 Å². The van der Waals surface area contributed by atoms with Crippen molar-refractivity contribution in [1.29, 1.82) is 0 Å². The van der Waals surface area contributed by atoms with E-state index in [1.54, 1.807) is 12.1 Å². The molecule has 46 valence electrons. The molecule has 0 aromatic heterocycles. The van der Waals surface area contributed by atoms with E-state index < -0.39 is 0 Å². The third-order valence-electron chi connectivity index (χ3n) is 0.980. The van der Waals surface area contributed by atoms with Crippen LogP contribution in [0.25, 0.3) is 0 Å². The summed E-state index contributed by atoms with van der Waals surface area (Å²) >= 11 is 4.72. The van der Waals surface area contributed by atoms with E-state index in [1.165, 1.54) is 0 Å². The lowest BCUT2D eigenvalue weighted by molar-refractivity contribution is 0.480. The Bertz CT molecular complexity index is 224.